The number of nitrogens with two attached hydrogens (primary N) is 1. The summed E-state index contributed by atoms with van der Waals surface area (Å²) in [5.74, 6) is 0. The van der Waals surface area contributed by atoms with Gasteiger partial charge in [0.2, 0.25) is 0 Å². The highest BCUT2D eigenvalue weighted by Crippen LogP contribution is 2.13. The van der Waals surface area contributed by atoms with Gasteiger partial charge in [-0.2, -0.15) is 0 Å². The Bertz CT molecular complexity index is 163. The van der Waals surface area contributed by atoms with E-state index in [4.69, 9.17) is 10.8 Å². The van der Waals surface area contributed by atoms with Gasteiger partial charge in [-0.3, -0.25) is 0 Å². The molecule has 0 aromatic rings. The van der Waals surface area contributed by atoms with Crippen LogP contribution in [-0.4, -0.2) is 34.7 Å². The Labute approximate surface area is 79.7 Å². The van der Waals surface area contributed by atoms with Crippen molar-refractivity contribution in [1.29, 1.82) is 0 Å². The van der Waals surface area contributed by atoms with Crippen LogP contribution in [0.3, 0.4) is 0 Å². The molecule has 0 fully saturated rings. The van der Waals surface area contributed by atoms with Crippen LogP contribution >= 0.6 is 0 Å². The Kier molecular flexibility index (Phi) is 4.77. The highest BCUT2D eigenvalue weighted by atomic mass is 16.4. The van der Waals surface area contributed by atoms with E-state index in [9.17, 15) is 4.79 Å². The molecule has 0 aromatic heterocycles. The van der Waals surface area contributed by atoms with Crippen molar-refractivity contribution in [3.05, 3.63) is 0 Å². The second-order valence-electron chi connectivity index (χ2n) is 4.10. The fraction of sp³-hybridized carbons (Fsp3) is 0.889. The minimum absolute atomic E-state index is 0.319. The summed E-state index contributed by atoms with van der Waals surface area (Å²) in [5, 5.41) is 8.90. The minimum Gasteiger partial charge on any atom is -0.465 e. The Balaban J connectivity index is 4.04. The van der Waals surface area contributed by atoms with Crippen LogP contribution in [-0.2, 0) is 0 Å². The summed E-state index contributed by atoms with van der Waals surface area (Å²) in [6, 6.07) is 0. The van der Waals surface area contributed by atoms with Crippen LogP contribution in [0.25, 0.3) is 0 Å². The number of hydrogen-bond donors (Lipinski definition) is 2. The number of unbranched alkanes of at least 4 members (excludes halogenated alkanes) is 1. The fourth-order valence-corrected chi connectivity index (χ4v) is 1.13. The molecule has 0 saturated carbocycles. The second-order valence-corrected chi connectivity index (χ2v) is 4.10. The monoisotopic (exact) mass is 188 g/mol. The third-order valence-electron chi connectivity index (χ3n) is 1.88. The van der Waals surface area contributed by atoms with Gasteiger partial charge in [-0.1, -0.05) is 0 Å². The molecule has 78 valence electrons. The van der Waals surface area contributed by atoms with Gasteiger partial charge >= 0.3 is 6.09 Å². The van der Waals surface area contributed by atoms with Gasteiger partial charge in [0.05, 0.1) is 0 Å². The molecule has 0 saturated heterocycles. The van der Waals surface area contributed by atoms with Gasteiger partial charge in [-0.05, 0) is 40.2 Å². The molecule has 0 bridgehead atoms. The quantitative estimate of drug-likeness (QED) is 0.657. The van der Waals surface area contributed by atoms with E-state index in [-0.39, 0.29) is 5.54 Å². The van der Waals surface area contributed by atoms with Gasteiger partial charge in [0, 0.05) is 12.1 Å². The Morgan fingerprint density at radius 1 is 1.38 bits per heavy atom. The molecular weight excluding hydrogens is 168 g/mol. The second kappa shape index (κ2) is 5.07. The summed E-state index contributed by atoms with van der Waals surface area (Å²) >= 11 is 0. The van der Waals surface area contributed by atoms with Crippen molar-refractivity contribution >= 4 is 6.09 Å². The normalized spacial score (nSPS) is 11.4. The van der Waals surface area contributed by atoms with E-state index in [2.05, 4.69) is 0 Å². The van der Waals surface area contributed by atoms with Gasteiger partial charge in [0.25, 0.3) is 0 Å². The lowest BCUT2D eigenvalue weighted by Crippen LogP contribution is -2.45. The molecule has 4 heteroatoms. The van der Waals surface area contributed by atoms with Gasteiger partial charge in [0.1, 0.15) is 0 Å². The van der Waals surface area contributed by atoms with E-state index in [1.54, 1.807) is 0 Å². The lowest BCUT2D eigenvalue weighted by Gasteiger charge is -2.33. The van der Waals surface area contributed by atoms with Crippen LogP contribution in [0.5, 0.6) is 0 Å². The van der Waals surface area contributed by atoms with E-state index in [0.29, 0.717) is 13.1 Å². The van der Waals surface area contributed by atoms with Gasteiger partial charge in [-0.15, -0.1) is 0 Å². The Morgan fingerprint density at radius 3 is 2.23 bits per heavy atom. The molecule has 0 aliphatic carbocycles. The summed E-state index contributed by atoms with van der Waals surface area (Å²) in [7, 11) is 0. The third-order valence-corrected chi connectivity index (χ3v) is 1.88. The highest BCUT2D eigenvalue weighted by Gasteiger charge is 2.24. The summed E-state index contributed by atoms with van der Waals surface area (Å²) in [6.45, 7) is 6.87. The zero-order valence-corrected chi connectivity index (χ0v) is 8.71. The molecule has 0 aliphatic heterocycles. The Hall–Kier alpha value is -0.770. The van der Waals surface area contributed by atoms with Crippen LogP contribution in [0, 0.1) is 0 Å². The first-order valence-electron chi connectivity index (χ1n) is 4.60. The van der Waals surface area contributed by atoms with Crippen molar-refractivity contribution in [2.24, 2.45) is 5.73 Å². The summed E-state index contributed by atoms with van der Waals surface area (Å²) in [6.07, 6.45) is 0.851. The molecule has 0 rings (SSSR count). The lowest BCUT2D eigenvalue weighted by molar-refractivity contribution is 0.0992. The Morgan fingerprint density at radius 2 is 1.92 bits per heavy atom. The number of carbonyl (C=O) groups is 1. The van der Waals surface area contributed by atoms with Crippen molar-refractivity contribution in [1.82, 2.24) is 4.90 Å². The van der Waals surface area contributed by atoms with Crippen molar-refractivity contribution < 1.29 is 9.90 Å². The van der Waals surface area contributed by atoms with Crippen LogP contribution in [0.4, 0.5) is 4.79 Å². The molecule has 0 unspecified atom stereocenters. The zero-order chi connectivity index (χ0) is 10.5. The molecule has 1 amide bonds. The predicted octanol–water partition coefficient (Wildman–Crippen LogP) is 1.50. The number of carboxylic acid groups (broad SMARTS) is 1. The third kappa shape index (κ3) is 4.72. The molecule has 4 nitrogen and oxygen atoms in total. The summed E-state index contributed by atoms with van der Waals surface area (Å²) in [5.41, 5.74) is 5.01. The maximum atomic E-state index is 10.8. The molecule has 13 heavy (non-hydrogen) atoms. The van der Waals surface area contributed by atoms with Gasteiger partial charge in [0.15, 0.2) is 0 Å². The van der Waals surface area contributed by atoms with E-state index < -0.39 is 6.09 Å². The average molecular weight is 188 g/mol. The fourth-order valence-electron chi connectivity index (χ4n) is 1.13. The smallest absolute Gasteiger partial charge is 0.407 e. The molecule has 0 atom stereocenters. The SMILES string of the molecule is CC(C)(C)N(CCCCN)C(=O)O. The van der Waals surface area contributed by atoms with Crippen molar-refractivity contribution in [2.75, 3.05) is 13.1 Å². The minimum atomic E-state index is -0.857. The van der Waals surface area contributed by atoms with E-state index in [0.717, 1.165) is 12.8 Å². The predicted molar refractivity (Wildman–Crippen MR) is 52.8 cm³/mol. The van der Waals surface area contributed by atoms with Crippen molar-refractivity contribution in [3.63, 3.8) is 0 Å². The number of nitrogens with zero attached hydrogens (tertiary/aromatic N) is 1. The topological polar surface area (TPSA) is 66.6 Å². The van der Waals surface area contributed by atoms with Gasteiger partial charge < -0.3 is 15.7 Å². The standard InChI is InChI=1S/C9H20N2O2/c1-9(2,3)11(8(12)13)7-5-4-6-10/h4-7,10H2,1-3H3,(H,12,13). The first kappa shape index (κ1) is 12.2. The first-order chi connectivity index (χ1) is 5.89. The average Bonchev–Trinajstić information content (AvgIpc) is 1.94. The van der Waals surface area contributed by atoms with E-state index >= 15 is 0 Å². The maximum Gasteiger partial charge on any atom is 0.407 e. The maximum absolute atomic E-state index is 10.8. The van der Waals surface area contributed by atoms with E-state index in [1.807, 2.05) is 20.8 Å². The van der Waals surface area contributed by atoms with Gasteiger partial charge in [-0.25, -0.2) is 4.79 Å². The van der Waals surface area contributed by atoms with Crippen LogP contribution in [0.15, 0.2) is 0 Å². The largest absolute Gasteiger partial charge is 0.465 e. The zero-order valence-electron chi connectivity index (χ0n) is 8.71. The van der Waals surface area contributed by atoms with Crippen molar-refractivity contribution in [3.8, 4) is 0 Å². The number of hydrogen-bond acceptors (Lipinski definition) is 2. The molecule has 0 spiro atoms. The number of amides is 1. The molecule has 3 N–H and O–H groups in total. The van der Waals surface area contributed by atoms with Crippen molar-refractivity contribution in [2.45, 2.75) is 39.2 Å². The van der Waals surface area contributed by atoms with Crippen LogP contribution in [0.1, 0.15) is 33.6 Å². The van der Waals surface area contributed by atoms with Crippen LogP contribution < -0.4 is 5.73 Å². The summed E-state index contributed by atoms with van der Waals surface area (Å²) in [4.78, 5) is 12.3. The summed E-state index contributed by atoms with van der Waals surface area (Å²) < 4.78 is 0. The lowest BCUT2D eigenvalue weighted by atomic mass is 10.1. The molecule has 0 aromatic carbocycles. The number of rotatable bonds is 4. The molecule has 0 heterocycles. The first-order valence-corrected chi connectivity index (χ1v) is 4.60. The van der Waals surface area contributed by atoms with Crippen LogP contribution in [0.2, 0.25) is 0 Å². The molecule has 0 aliphatic rings. The highest BCUT2D eigenvalue weighted by molar-refractivity contribution is 5.65. The molecule has 0 radical (unpaired) electrons. The molecular formula is C9H20N2O2. The van der Waals surface area contributed by atoms with E-state index in [1.165, 1.54) is 4.90 Å².